The molecule has 0 aromatic rings. The molecule has 0 aromatic heterocycles. The molecule has 21 heavy (non-hydrogen) atoms. The summed E-state index contributed by atoms with van der Waals surface area (Å²) in [6.07, 6.45) is 5.87. The molecule has 0 rings (SSSR count). The van der Waals surface area contributed by atoms with Crippen molar-refractivity contribution >= 4 is 11.9 Å². The number of carbonyl (C=O) groups is 2. The molecule has 4 heteroatoms. The van der Waals surface area contributed by atoms with E-state index >= 15 is 0 Å². The zero-order valence-electron chi connectivity index (χ0n) is 14.2. The second-order valence-electron chi connectivity index (χ2n) is 5.89. The molecule has 0 unspecified atom stereocenters. The smallest absolute Gasteiger partial charge is 0.306 e. The molecule has 0 spiro atoms. The van der Waals surface area contributed by atoms with Crippen LogP contribution in [0.1, 0.15) is 79.1 Å². The van der Waals surface area contributed by atoms with E-state index < -0.39 is 0 Å². The van der Waals surface area contributed by atoms with Crippen LogP contribution in [0.25, 0.3) is 0 Å². The summed E-state index contributed by atoms with van der Waals surface area (Å²) in [7, 11) is 0. The number of esters is 2. The molecular weight excluding hydrogens is 268 g/mol. The van der Waals surface area contributed by atoms with Gasteiger partial charge in [0.05, 0.1) is 6.61 Å². The Morgan fingerprint density at radius 3 is 2.00 bits per heavy atom. The maximum Gasteiger partial charge on any atom is 0.306 e. The maximum absolute atomic E-state index is 11.6. The highest BCUT2D eigenvalue weighted by atomic mass is 16.5. The van der Waals surface area contributed by atoms with Crippen LogP contribution in [0.4, 0.5) is 0 Å². The van der Waals surface area contributed by atoms with Crippen LogP contribution in [0.5, 0.6) is 0 Å². The van der Waals surface area contributed by atoms with E-state index in [1.54, 1.807) is 0 Å². The van der Waals surface area contributed by atoms with Crippen LogP contribution >= 0.6 is 0 Å². The van der Waals surface area contributed by atoms with Gasteiger partial charge in [-0.2, -0.15) is 0 Å². The quantitative estimate of drug-likeness (QED) is 0.399. The van der Waals surface area contributed by atoms with Crippen LogP contribution in [-0.4, -0.2) is 24.6 Å². The van der Waals surface area contributed by atoms with E-state index in [1.165, 1.54) is 0 Å². The van der Waals surface area contributed by atoms with Gasteiger partial charge in [0.15, 0.2) is 0 Å². The molecule has 0 aliphatic rings. The number of ether oxygens (including phenoxy) is 2. The van der Waals surface area contributed by atoms with E-state index in [0.717, 1.165) is 25.7 Å². The number of carbonyl (C=O) groups excluding carboxylic acids is 2. The molecule has 124 valence electrons. The Balaban J connectivity index is 3.52. The SMILES string of the molecule is CCC(CC)OC(=O)CCCCC(=O)OCCCC(C)C. The normalized spacial score (nSPS) is 11.0. The van der Waals surface area contributed by atoms with E-state index in [2.05, 4.69) is 13.8 Å². The Hall–Kier alpha value is -1.06. The Kier molecular flexibility index (Phi) is 12.0. The fraction of sp³-hybridized carbons (Fsp3) is 0.882. The van der Waals surface area contributed by atoms with Gasteiger partial charge in [0, 0.05) is 12.8 Å². The summed E-state index contributed by atoms with van der Waals surface area (Å²) in [6, 6.07) is 0. The average molecular weight is 300 g/mol. The van der Waals surface area contributed by atoms with Crippen molar-refractivity contribution in [3.05, 3.63) is 0 Å². The lowest BCUT2D eigenvalue weighted by Crippen LogP contribution is -2.16. The minimum Gasteiger partial charge on any atom is -0.466 e. The van der Waals surface area contributed by atoms with Crippen molar-refractivity contribution in [2.45, 2.75) is 85.2 Å². The fourth-order valence-corrected chi connectivity index (χ4v) is 1.99. The highest BCUT2D eigenvalue weighted by Gasteiger charge is 2.10. The largest absolute Gasteiger partial charge is 0.466 e. The number of unbranched alkanes of at least 4 members (excludes halogenated alkanes) is 1. The highest BCUT2D eigenvalue weighted by molar-refractivity contribution is 5.70. The summed E-state index contributed by atoms with van der Waals surface area (Å²) in [5.41, 5.74) is 0. The molecule has 0 aliphatic carbocycles. The van der Waals surface area contributed by atoms with Crippen molar-refractivity contribution < 1.29 is 19.1 Å². The zero-order valence-corrected chi connectivity index (χ0v) is 14.2. The predicted molar refractivity (Wildman–Crippen MR) is 84.0 cm³/mol. The van der Waals surface area contributed by atoms with E-state index in [-0.39, 0.29) is 18.0 Å². The Labute approximate surface area is 129 Å². The molecule has 0 N–H and O–H groups in total. The second-order valence-corrected chi connectivity index (χ2v) is 5.89. The number of hydrogen-bond acceptors (Lipinski definition) is 4. The topological polar surface area (TPSA) is 52.6 Å². The fourth-order valence-electron chi connectivity index (χ4n) is 1.99. The van der Waals surface area contributed by atoms with E-state index in [0.29, 0.717) is 38.2 Å². The molecule has 4 nitrogen and oxygen atoms in total. The molecule has 0 radical (unpaired) electrons. The third-order valence-corrected chi connectivity index (χ3v) is 3.41. The first-order valence-corrected chi connectivity index (χ1v) is 8.34. The van der Waals surface area contributed by atoms with Crippen molar-refractivity contribution in [3.8, 4) is 0 Å². The van der Waals surface area contributed by atoms with Crippen molar-refractivity contribution in [1.29, 1.82) is 0 Å². The van der Waals surface area contributed by atoms with Crippen LogP contribution in [-0.2, 0) is 19.1 Å². The first kappa shape index (κ1) is 19.9. The van der Waals surface area contributed by atoms with Gasteiger partial charge in [-0.25, -0.2) is 0 Å². The van der Waals surface area contributed by atoms with Gasteiger partial charge in [0.1, 0.15) is 6.10 Å². The van der Waals surface area contributed by atoms with Gasteiger partial charge in [-0.1, -0.05) is 27.7 Å². The Morgan fingerprint density at radius 2 is 1.48 bits per heavy atom. The van der Waals surface area contributed by atoms with Gasteiger partial charge < -0.3 is 9.47 Å². The molecular formula is C17H32O4. The van der Waals surface area contributed by atoms with Gasteiger partial charge in [-0.05, 0) is 44.4 Å². The third-order valence-electron chi connectivity index (χ3n) is 3.41. The lowest BCUT2D eigenvalue weighted by atomic mass is 10.1. The predicted octanol–water partition coefficient (Wildman–Crippen LogP) is 4.26. The van der Waals surface area contributed by atoms with Crippen molar-refractivity contribution in [2.75, 3.05) is 6.61 Å². The summed E-state index contributed by atoms with van der Waals surface area (Å²) in [5.74, 6) is 0.325. The van der Waals surface area contributed by atoms with Gasteiger partial charge >= 0.3 is 11.9 Å². The summed E-state index contributed by atoms with van der Waals surface area (Å²) in [4.78, 5) is 23.0. The van der Waals surface area contributed by atoms with E-state index in [9.17, 15) is 9.59 Å². The lowest BCUT2D eigenvalue weighted by molar-refractivity contribution is -0.150. The van der Waals surface area contributed by atoms with Crippen molar-refractivity contribution in [1.82, 2.24) is 0 Å². The van der Waals surface area contributed by atoms with Gasteiger partial charge in [0.25, 0.3) is 0 Å². The van der Waals surface area contributed by atoms with Gasteiger partial charge in [-0.3, -0.25) is 9.59 Å². The van der Waals surface area contributed by atoms with Crippen LogP contribution in [0.3, 0.4) is 0 Å². The molecule has 0 heterocycles. The van der Waals surface area contributed by atoms with Crippen LogP contribution in [0.15, 0.2) is 0 Å². The maximum atomic E-state index is 11.6. The molecule has 0 atom stereocenters. The average Bonchev–Trinajstić information content (AvgIpc) is 2.45. The summed E-state index contributed by atoms with van der Waals surface area (Å²) in [5, 5.41) is 0. The molecule has 0 aromatic carbocycles. The van der Waals surface area contributed by atoms with Crippen molar-refractivity contribution in [3.63, 3.8) is 0 Å². The van der Waals surface area contributed by atoms with Crippen LogP contribution in [0, 0.1) is 5.92 Å². The minimum absolute atomic E-state index is 0.0309. The summed E-state index contributed by atoms with van der Waals surface area (Å²) < 4.78 is 10.4. The summed E-state index contributed by atoms with van der Waals surface area (Å²) >= 11 is 0. The monoisotopic (exact) mass is 300 g/mol. The Bertz CT molecular complexity index is 283. The van der Waals surface area contributed by atoms with Crippen LogP contribution < -0.4 is 0 Å². The molecule has 0 aliphatic heterocycles. The summed E-state index contributed by atoms with van der Waals surface area (Å²) in [6.45, 7) is 8.84. The first-order valence-electron chi connectivity index (χ1n) is 8.34. The standard InChI is InChI=1S/C17H32O4/c1-5-15(6-2)21-17(19)12-8-7-11-16(18)20-13-9-10-14(3)4/h14-15H,5-13H2,1-4H3. The van der Waals surface area contributed by atoms with Gasteiger partial charge in [-0.15, -0.1) is 0 Å². The lowest BCUT2D eigenvalue weighted by Gasteiger charge is -2.13. The highest BCUT2D eigenvalue weighted by Crippen LogP contribution is 2.08. The molecule has 0 saturated heterocycles. The molecule has 0 amide bonds. The second kappa shape index (κ2) is 12.7. The Morgan fingerprint density at radius 1 is 0.905 bits per heavy atom. The number of hydrogen-bond donors (Lipinski definition) is 0. The number of rotatable bonds is 12. The van der Waals surface area contributed by atoms with E-state index in [4.69, 9.17) is 9.47 Å². The zero-order chi connectivity index (χ0) is 16.1. The van der Waals surface area contributed by atoms with E-state index in [1.807, 2.05) is 13.8 Å². The van der Waals surface area contributed by atoms with Crippen LogP contribution in [0.2, 0.25) is 0 Å². The molecule has 0 saturated carbocycles. The molecule has 0 bridgehead atoms. The van der Waals surface area contributed by atoms with Gasteiger partial charge in [0.2, 0.25) is 0 Å². The minimum atomic E-state index is -0.160. The first-order chi connectivity index (χ1) is 9.99. The third kappa shape index (κ3) is 12.4. The molecule has 0 fully saturated rings. The van der Waals surface area contributed by atoms with Crippen molar-refractivity contribution in [2.24, 2.45) is 5.92 Å².